The van der Waals surface area contributed by atoms with E-state index in [1.807, 2.05) is 83.8 Å². The van der Waals surface area contributed by atoms with E-state index >= 15 is 0 Å². The number of amides is 1. The second-order valence-electron chi connectivity index (χ2n) is 5.80. The number of rotatable bonds is 7. The molecule has 0 bridgehead atoms. The van der Waals surface area contributed by atoms with Crippen molar-refractivity contribution in [3.8, 4) is 11.5 Å². The predicted octanol–water partition coefficient (Wildman–Crippen LogP) is 3.91. The molecule has 4 rings (SSSR count). The molecule has 0 spiro atoms. The van der Waals surface area contributed by atoms with Crippen LogP contribution in [0, 0.1) is 0 Å². The van der Waals surface area contributed by atoms with E-state index in [4.69, 9.17) is 4.74 Å². The molecule has 7 nitrogen and oxygen atoms in total. The molecule has 140 valence electrons. The number of aromatic nitrogens is 4. The van der Waals surface area contributed by atoms with E-state index in [9.17, 15) is 4.79 Å². The fourth-order valence-corrected chi connectivity index (χ4v) is 3.21. The molecule has 0 unspecified atom stereocenters. The average Bonchev–Trinajstić information content (AvgIpc) is 3.40. The molecule has 0 saturated heterocycles. The molecule has 0 fully saturated rings. The molecule has 0 aliphatic heterocycles. The van der Waals surface area contributed by atoms with Crippen LogP contribution in [0.4, 0.5) is 5.69 Å². The number of hydrogen-bond acceptors (Lipinski definition) is 5. The number of carbonyl (C=O) groups excluding carboxylic acids is 1. The number of para-hydroxylation sites is 1. The number of hydrogen-bond donors (Lipinski definition) is 1. The molecular weight excluding hydrogens is 374 g/mol. The van der Waals surface area contributed by atoms with Crippen LogP contribution in [-0.2, 0) is 4.79 Å². The van der Waals surface area contributed by atoms with Crippen LogP contribution in [0.2, 0.25) is 0 Å². The minimum atomic E-state index is -0.121. The monoisotopic (exact) mass is 391 g/mol. The number of anilines is 1. The normalized spacial score (nSPS) is 10.6. The van der Waals surface area contributed by atoms with Crippen LogP contribution in [0.25, 0.3) is 0 Å². The number of thioether (sulfide) groups is 1. The first-order chi connectivity index (χ1) is 13.8. The summed E-state index contributed by atoms with van der Waals surface area (Å²) in [6.45, 7) is 0. The second kappa shape index (κ2) is 8.45. The average molecular weight is 391 g/mol. The van der Waals surface area contributed by atoms with Crippen molar-refractivity contribution in [2.45, 2.75) is 5.16 Å². The van der Waals surface area contributed by atoms with Gasteiger partial charge in [0.2, 0.25) is 11.1 Å². The first kappa shape index (κ1) is 17.9. The highest BCUT2D eigenvalue weighted by molar-refractivity contribution is 7.99. The van der Waals surface area contributed by atoms with E-state index in [0.29, 0.717) is 16.6 Å². The molecule has 2 aromatic heterocycles. The fraction of sp³-hybridized carbons (Fsp3) is 0.0500. The zero-order chi connectivity index (χ0) is 19.2. The largest absolute Gasteiger partial charge is 0.457 e. The van der Waals surface area contributed by atoms with Crippen LogP contribution < -0.4 is 10.1 Å². The summed E-state index contributed by atoms with van der Waals surface area (Å²) in [6.07, 6.45) is 5.37. The summed E-state index contributed by atoms with van der Waals surface area (Å²) in [5.74, 6) is 1.58. The van der Waals surface area contributed by atoms with Gasteiger partial charge in [0.25, 0.3) is 0 Å². The summed E-state index contributed by atoms with van der Waals surface area (Å²) in [4.78, 5) is 12.3. The summed E-state index contributed by atoms with van der Waals surface area (Å²) in [5.41, 5.74) is 0.706. The van der Waals surface area contributed by atoms with Gasteiger partial charge in [-0.15, -0.1) is 10.2 Å². The Bertz CT molecular complexity index is 1030. The highest BCUT2D eigenvalue weighted by Gasteiger charge is 2.10. The molecular formula is C20H17N5O2S. The predicted molar refractivity (Wildman–Crippen MR) is 108 cm³/mol. The molecule has 0 aliphatic carbocycles. The lowest BCUT2D eigenvalue weighted by Crippen LogP contribution is -2.15. The van der Waals surface area contributed by atoms with Crippen LogP contribution in [0.5, 0.6) is 11.5 Å². The van der Waals surface area contributed by atoms with Crippen LogP contribution in [-0.4, -0.2) is 31.2 Å². The van der Waals surface area contributed by atoms with Gasteiger partial charge in [0.1, 0.15) is 17.8 Å². The smallest absolute Gasteiger partial charge is 0.234 e. The minimum Gasteiger partial charge on any atom is -0.457 e. The molecule has 1 amide bonds. The highest BCUT2D eigenvalue weighted by Crippen LogP contribution is 2.23. The number of carbonyl (C=O) groups is 1. The van der Waals surface area contributed by atoms with Crippen LogP contribution in [0.15, 0.2) is 90.6 Å². The van der Waals surface area contributed by atoms with Gasteiger partial charge in [0.05, 0.1) is 5.75 Å². The maximum atomic E-state index is 12.3. The van der Waals surface area contributed by atoms with Gasteiger partial charge < -0.3 is 10.1 Å². The maximum Gasteiger partial charge on any atom is 0.234 e. The van der Waals surface area contributed by atoms with Crippen molar-refractivity contribution in [2.75, 3.05) is 11.1 Å². The van der Waals surface area contributed by atoms with Gasteiger partial charge in [-0.05, 0) is 48.5 Å². The third-order valence-electron chi connectivity index (χ3n) is 3.79. The van der Waals surface area contributed by atoms with Crippen molar-refractivity contribution < 1.29 is 9.53 Å². The summed E-state index contributed by atoms with van der Waals surface area (Å²) >= 11 is 1.32. The Morgan fingerprint density at radius 2 is 1.68 bits per heavy atom. The van der Waals surface area contributed by atoms with Gasteiger partial charge in [-0.3, -0.25) is 9.47 Å². The Balaban J connectivity index is 1.31. The number of nitrogens with one attached hydrogen (secondary N) is 1. The first-order valence-electron chi connectivity index (χ1n) is 8.57. The van der Waals surface area contributed by atoms with E-state index in [1.165, 1.54) is 11.8 Å². The van der Waals surface area contributed by atoms with Crippen LogP contribution >= 0.6 is 11.8 Å². The molecule has 8 heteroatoms. The van der Waals surface area contributed by atoms with Crippen molar-refractivity contribution in [3.63, 3.8) is 0 Å². The van der Waals surface area contributed by atoms with Crippen LogP contribution in [0.1, 0.15) is 0 Å². The van der Waals surface area contributed by atoms with Gasteiger partial charge in [-0.2, -0.15) is 0 Å². The molecule has 0 atom stereocenters. The van der Waals surface area contributed by atoms with Gasteiger partial charge >= 0.3 is 0 Å². The summed E-state index contributed by atoms with van der Waals surface area (Å²) in [5, 5.41) is 11.5. The fourth-order valence-electron chi connectivity index (χ4n) is 2.50. The maximum absolute atomic E-state index is 12.3. The molecule has 2 aromatic carbocycles. The van der Waals surface area contributed by atoms with E-state index < -0.39 is 0 Å². The minimum absolute atomic E-state index is 0.121. The lowest BCUT2D eigenvalue weighted by molar-refractivity contribution is -0.113. The highest BCUT2D eigenvalue weighted by atomic mass is 32.2. The SMILES string of the molecule is O=C(CSc1nncn1-n1cccc1)Nc1ccc(Oc2ccccc2)cc1. The Morgan fingerprint density at radius 3 is 2.43 bits per heavy atom. The quantitative estimate of drug-likeness (QED) is 0.484. The van der Waals surface area contributed by atoms with Gasteiger partial charge in [0.15, 0.2) is 0 Å². The molecule has 0 saturated carbocycles. The van der Waals surface area contributed by atoms with Crippen molar-refractivity contribution in [1.82, 2.24) is 19.5 Å². The number of benzene rings is 2. The van der Waals surface area contributed by atoms with Crippen molar-refractivity contribution in [1.29, 1.82) is 0 Å². The van der Waals surface area contributed by atoms with Gasteiger partial charge in [-0.1, -0.05) is 30.0 Å². The molecule has 4 aromatic rings. The van der Waals surface area contributed by atoms with Crippen molar-refractivity contribution in [2.24, 2.45) is 0 Å². The van der Waals surface area contributed by atoms with E-state index in [2.05, 4.69) is 15.5 Å². The third-order valence-corrected chi connectivity index (χ3v) is 4.72. The van der Waals surface area contributed by atoms with Crippen LogP contribution in [0.3, 0.4) is 0 Å². The Hall–Kier alpha value is -3.52. The molecule has 28 heavy (non-hydrogen) atoms. The Morgan fingerprint density at radius 1 is 0.964 bits per heavy atom. The topological polar surface area (TPSA) is 74.0 Å². The molecule has 0 radical (unpaired) electrons. The zero-order valence-corrected chi connectivity index (χ0v) is 15.6. The standard InChI is InChI=1S/C20H17N5O2S/c26-19(14-28-20-23-21-15-25(20)24-12-4-5-13-24)22-16-8-10-18(11-9-16)27-17-6-2-1-3-7-17/h1-13,15H,14H2,(H,22,26). The van der Waals surface area contributed by atoms with Crippen molar-refractivity contribution in [3.05, 3.63) is 85.5 Å². The number of nitrogens with zero attached hydrogens (tertiary/aromatic N) is 4. The summed E-state index contributed by atoms with van der Waals surface area (Å²) in [6, 6.07) is 20.6. The number of ether oxygens (including phenoxy) is 1. The van der Waals surface area contributed by atoms with E-state index in [1.54, 1.807) is 11.0 Å². The molecule has 2 heterocycles. The molecule has 0 aliphatic rings. The van der Waals surface area contributed by atoms with E-state index in [0.717, 1.165) is 5.75 Å². The first-order valence-corrected chi connectivity index (χ1v) is 9.56. The van der Waals surface area contributed by atoms with Gasteiger partial charge in [0, 0.05) is 18.1 Å². The van der Waals surface area contributed by atoms with Gasteiger partial charge in [-0.25, -0.2) is 4.68 Å². The Kier molecular flexibility index (Phi) is 5.39. The summed E-state index contributed by atoms with van der Waals surface area (Å²) < 4.78 is 9.36. The van der Waals surface area contributed by atoms with E-state index in [-0.39, 0.29) is 11.7 Å². The second-order valence-corrected chi connectivity index (χ2v) is 6.74. The summed E-state index contributed by atoms with van der Waals surface area (Å²) in [7, 11) is 0. The van der Waals surface area contributed by atoms with Crippen molar-refractivity contribution >= 4 is 23.4 Å². The zero-order valence-electron chi connectivity index (χ0n) is 14.8. The lowest BCUT2D eigenvalue weighted by Gasteiger charge is -2.09. The lowest BCUT2D eigenvalue weighted by atomic mass is 10.3. The molecule has 1 N–H and O–H groups in total. The Labute approximate surface area is 165 Å². The third kappa shape index (κ3) is 4.41.